The summed E-state index contributed by atoms with van der Waals surface area (Å²) in [5.41, 5.74) is 2.62. The summed E-state index contributed by atoms with van der Waals surface area (Å²) in [6.07, 6.45) is 4.21. The van der Waals surface area contributed by atoms with Gasteiger partial charge in [0.25, 0.3) is 5.91 Å². The number of nitrogens with one attached hydrogen (secondary N) is 1. The van der Waals surface area contributed by atoms with Crippen molar-refractivity contribution in [1.29, 1.82) is 0 Å². The minimum atomic E-state index is -0.112. The summed E-state index contributed by atoms with van der Waals surface area (Å²) < 4.78 is 0.931. The van der Waals surface area contributed by atoms with Gasteiger partial charge in [-0.15, -0.1) is 0 Å². The number of hydrogen-bond acceptors (Lipinski definition) is 4. The van der Waals surface area contributed by atoms with Crippen LogP contribution in [0.2, 0.25) is 0 Å². The molecule has 4 rings (SSSR count). The highest BCUT2D eigenvalue weighted by Crippen LogP contribution is 2.30. The summed E-state index contributed by atoms with van der Waals surface area (Å²) in [4.78, 5) is 20.6. The molecule has 0 radical (unpaired) electrons. The number of benzene rings is 2. The zero-order chi connectivity index (χ0) is 19.3. The Balaban J connectivity index is 1.52. The van der Waals surface area contributed by atoms with Gasteiger partial charge in [0.05, 0.1) is 5.56 Å². The van der Waals surface area contributed by atoms with Crippen LogP contribution in [0.4, 0.5) is 11.4 Å². The van der Waals surface area contributed by atoms with Gasteiger partial charge in [-0.1, -0.05) is 30.0 Å². The summed E-state index contributed by atoms with van der Waals surface area (Å²) in [6.45, 7) is 2.16. The van der Waals surface area contributed by atoms with Crippen molar-refractivity contribution >= 4 is 45.0 Å². The van der Waals surface area contributed by atoms with Gasteiger partial charge in [0.15, 0.2) is 0 Å². The Hall–Kier alpha value is -2.31. The highest BCUT2D eigenvalue weighted by molar-refractivity contribution is 9.10. The molecule has 142 valence electrons. The fourth-order valence-electron chi connectivity index (χ4n) is 3.23. The largest absolute Gasteiger partial charge is 0.371 e. The summed E-state index contributed by atoms with van der Waals surface area (Å²) in [7, 11) is 0. The number of hydrogen-bond donors (Lipinski definition) is 1. The van der Waals surface area contributed by atoms with Gasteiger partial charge in [-0.05, 0) is 71.2 Å². The van der Waals surface area contributed by atoms with E-state index < -0.39 is 0 Å². The first-order chi connectivity index (χ1) is 13.7. The van der Waals surface area contributed by atoms with E-state index in [-0.39, 0.29) is 5.91 Å². The second-order valence-corrected chi connectivity index (χ2v) is 8.59. The van der Waals surface area contributed by atoms with Gasteiger partial charge < -0.3 is 10.2 Å². The standard InChI is InChI=1S/C22H20BrN3OS/c23-16-10-11-21(24-15-16)28-20-9-2-1-8-19(20)22(27)25-17-6-5-7-18(14-17)26-12-3-4-13-26/h1-2,5-11,14-15H,3-4,12-13H2,(H,25,27). The zero-order valence-corrected chi connectivity index (χ0v) is 17.7. The van der Waals surface area contributed by atoms with Gasteiger partial charge in [0.2, 0.25) is 0 Å². The number of carbonyl (C=O) groups excluding carboxylic acids is 1. The lowest BCUT2D eigenvalue weighted by molar-refractivity contribution is 0.102. The molecular formula is C22H20BrN3OS. The molecule has 0 atom stereocenters. The van der Waals surface area contributed by atoms with Gasteiger partial charge in [-0.2, -0.15) is 0 Å². The van der Waals surface area contributed by atoms with Crippen LogP contribution in [0.3, 0.4) is 0 Å². The third-order valence-corrected chi connectivity index (χ3v) is 6.12. The topological polar surface area (TPSA) is 45.2 Å². The summed E-state index contributed by atoms with van der Waals surface area (Å²) >= 11 is 4.88. The Morgan fingerprint density at radius 1 is 1.04 bits per heavy atom. The molecule has 1 saturated heterocycles. The maximum atomic E-state index is 12.9. The lowest BCUT2D eigenvalue weighted by Gasteiger charge is -2.18. The smallest absolute Gasteiger partial charge is 0.256 e. The van der Waals surface area contributed by atoms with E-state index in [1.807, 2.05) is 48.5 Å². The molecule has 0 saturated carbocycles. The maximum absolute atomic E-state index is 12.9. The predicted octanol–water partition coefficient (Wildman–Crippen LogP) is 5.85. The first-order valence-corrected chi connectivity index (χ1v) is 10.8. The Morgan fingerprint density at radius 3 is 2.64 bits per heavy atom. The lowest BCUT2D eigenvalue weighted by Crippen LogP contribution is -2.18. The van der Waals surface area contributed by atoms with Crippen LogP contribution in [0.1, 0.15) is 23.2 Å². The number of anilines is 2. The van der Waals surface area contributed by atoms with Crippen LogP contribution in [0.15, 0.2) is 81.3 Å². The summed E-state index contributed by atoms with van der Waals surface area (Å²) in [5, 5.41) is 3.90. The molecule has 1 aromatic heterocycles. The van der Waals surface area contributed by atoms with E-state index in [4.69, 9.17) is 0 Å². The zero-order valence-electron chi connectivity index (χ0n) is 15.3. The van der Waals surface area contributed by atoms with Gasteiger partial charge >= 0.3 is 0 Å². The molecule has 0 aliphatic carbocycles. The Kier molecular flexibility index (Phi) is 5.98. The number of halogens is 1. The van der Waals surface area contributed by atoms with Gasteiger partial charge in [0.1, 0.15) is 5.03 Å². The third-order valence-electron chi connectivity index (χ3n) is 4.62. The van der Waals surface area contributed by atoms with Crippen LogP contribution in [-0.4, -0.2) is 24.0 Å². The SMILES string of the molecule is O=C(Nc1cccc(N2CCCC2)c1)c1ccccc1Sc1ccc(Br)cn1. The Morgan fingerprint density at radius 2 is 1.86 bits per heavy atom. The molecule has 4 nitrogen and oxygen atoms in total. The van der Waals surface area contributed by atoms with Crippen LogP contribution in [-0.2, 0) is 0 Å². The second kappa shape index (κ2) is 8.80. The number of rotatable bonds is 5. The van der Waals surface area contributed by atoms with Gasteiger partial charge in [0, 0.05) is 40.0 Å². The molecule has 1 fully saturated rings. The van der Waals surface area contributed by atoms with E-state index in [2.05, 4.69) is 43.3 Å². The van der Waals surface area contributed by atoms with E-state index >= 15 is 0 Å². The molecule has 0 bridgehead atoms. The van der Waals surface area contributed by atoms with Crippen molar-refractivity contribution in [3.63, 3.8) is 0 Å². The Labute approximate surface area is 177 Å². The Bertz CT molecular complexity index is 972. The average molecular weight is 454 g/mol. The van der Waals surface area contributed by atoms with E-state index in [0.29, 0.717) is 5.56 Å². The van der Waals surface area contributed by atoms with Crippen molar-refractivity contribution in [3.8, 4) is 0 Å². The molecule has 2 heterocycles. The molecule has 1 N–H and O–H groups in total. The highest BCUT2D eigenvalue weighted by Gasteiger charge is 2.15. The normalized spacial score (nSPS) is 13.5. The van der Waals surface area contributed by atoms with Crippen molar-refractivity contribution in [3.05, 3.63) is 76.9 Å². The van der Waals surface area contributed by atoms with Gasteiger partial charge in [-0.3, -0.25) is 4.79 Å². The molecule has 3 aromatic rings. The lowest BCUT2D eigenvalue weighted by atomic mass is 10.2. The minimum Gasteiger partial charge on any atom is -0.371 e. The van der Waals surface area contributed by atoms with Crippen LogP contribution in [0.5, 0.6) is 0 Å². The molecular weight excluding hydrogens is 434 g/mol. The van der Waals surface area contributed by atoms with Crippen LogP contribution in [0.25, 0.3) is 0 Å². The van der Waals surface area contributed by atoms with E-state index in [9.17, 15) is 4.79 Å². The number of amides is 1. The number of nitrogens with zero attached hydrogens (tertiary/aromatic N) is 2. The van der Waals surface area contributed by atoms with Crippen molar-refractivity contribution < 1.29 is 4.79 Å². The quantitative estimate of drug-likeness (QED) is 0.526. The fourth-order valence-corrected chi connectivity index (χ4v) is 4.35. The molecule has 28 heavy (non-hydrogen) atoms. The highest BCUT2D eigenvalue weighted by atomic mass is 79.9. The summed E-state index contributed by atoms with van der Waals surface area (Å²) in [5.74, 6) is -0.112. The van der Waals surface area contributed by atoms with E-state index in [1.54, 1.807) is 6.20 Å². The number of pyridine rings is 1. The molecule has 0 spiro atoms. The first kappa shape index (κ1) is 19.0. The monoisotopic (exact) mass is 453 g/mol. The molecule has 6 heteroatoms. The average Bonchev–Trinajstić information content (AvgIpc) is 3.25. The first-order valence-electron chi connectivity index (χ1n) is 9.24. The number of aromatic nitrogens is 1. The van der Waals surface area contributed by atoms with Crippen molar-refractivity contribution in [2.45, 2.75) is 22.8 Å². The van der Waals surface area contributed by atoms with E-state index in [1.165, 1.54) is 24.6 Å². The van der Waals surface area contributed by atoms with Crippen molar-refractivity contribution in [1.82, 2.24) is 4.98 Å². The molecule has 2 aromatic carbocycles. The second-order valence-electron chi connectivity index (χ2n) is 6.61. The van der Waals surface area contributed by atoms with Gasteiger partial charge in [-0.25, -0.2) is 4.98 Å². The van der Waals surface area contributed by atoms with Crippen LogP contribution in [0, 0.1) is 0 Å². The maximum Gasteiger partial charge on any atom is 0.256 e. The molecule has 1 amide bonds. The van der Waals surface area contributed by atoms with Crippen LogP contribution < -0.4 is 10.2 Å². The van der Waals surface area contributed by atoms with Crippen LogP contribution >= 0.6 is 27.7 Å². The minimum absolute atomic E-state index is 0.112. The molecule has 1 aliphatic rings. The van der Waals surface area contributed by atoms with Crippen molar-refractivity contribution in [2.75, 3.05) is 23.3 Å². The third kappa shape index (κ3) is 4.56. The fraction of sp³-hybridized carbons (Fsp3) is 0.182. The summed E-state index contributed by atoms with van der Waals surface area (Å²) in [6, 6.07) is 19.6. The molecule has 0 unspecified atom stereocenters. The van der Waals surface area contributed by atoms with Crippen molar-refractivity contribution in [2.24, 2.45) is 0 Å². The molecule has 1 aliphatic heterocycles. The van der Waals surface area contributed by atoms with E-state index in [0.717, 1.165) is 38.9 Å². The predicted molar refractivity (Wildman–Crippen MR) is 118 cm³/mol. The number of carbonyl (C=O) groups is 1.